The van der Waals surface area contributed by atoms with Crippen molar-refractivity contribution in [1.29, 1.82) is 0 Å². The minimum absolute atomic E-state index is 0. The lowest BCUT2D eigenvalue weighted by Crippen LogP contribution is -2.46. The molecule has 7 heteroatoms. The Morgan fingerprint density at radius 2 is 1.67 bits per heavy atom. The van der Waals surface area contributed by atoms with E-state index in [-0.39, 0.29) is 48.1 Å². The smallest absolute Gasteiger partial charge is 0.239 e. The van der Waals surface area contributed by atoms with Gasteiger partial charge in [-0.1, -0.05) is 30.3 Å². The molecule has 0 radical (unpaired) electrons. The number of hydrogen-bond acceptors (Lipinski definition) is 3. The number of halogens is 1. The Bertz CT molecular complexity index is 800. The highest BCUT2D eigenvalue weighted by atomic mass is 127. The van der Waals surface area contributed by atoms with Gasteiger partial charge in [-0.25, -0.2) is 4.99 Å². The fourth-order valence-corrected chi connectivity index (χ4v) is 2.55. The van der Waals surface area contributed by atoms with Gasteiger partial charge in [-0.2, -0.15) is 0 Å². The van der Waals surface area contributed by atoms with E-state index in [9.17, 15) is 4.79 Å². The molecule has 0 aliphatic heterocycles. The molecule has 164 valence electrons. The highest BCUT2D eigenvalue weighted by Gasteiger charge is 2.14. The maximum Gasteiger partial charge on any atom is 0.239 e. The van der Waals surface area contributed by atoms with Crippen molar-refractivity contribution in [2.45, 2.75) is 52.8 Å². The fourth-order valence-electron chi connectivity index (χ4n) is 2.55. The Morgan fingerprint density at radius 3 is 2.23 bits per heavy atom. The number of amides is 1. The third-order valence-corrected chi connectivity index (χ3v) is 3.68. The average molecular weight is 524 g/mol. The Kier molecular flexibility index (Phi) is 10.7. The van der Waals surface area contributed by atoms with Crippen LogP contribution in [-0.4, -0.2) is 30.1 Å². The lowest BCUT2D eigenvalue weighted by atomic mass is 10.1. The predicted octanol–water partition coefficient (Wildman–Crippen LogP) is 4.56. The van der Waals surface area contributed by atoms with Crippen LogP contribution in [0, 0.1) is 0 Å². The predicted molar refractivity (Wildman–Crippen MR) is 135 cm³/mol. The summed E-state index contributed by atoms with van der Waals surface area (Å²) >= 11 is 0. The zero-order valence-corrected chi connectivity index (χ0v) is 20.7. The summed E-state index contributed by atoms with van der Waals surface area (Å²) in [5.41, 5.74) is 1.67. The van der Waals surface area contributed by atoms with Crippen molar-refractivity contribution < 1.29 is 9.53 Å². The number of rotatable bonds is 7. The molecule has 0 unspecified atom stereocenters. The van der Waals surface area contributed by atoms with Gasteiger partial charge in [0.05, 0.1) is 19.2 Å². The van der Waals surface area contributed by atoms with Crippen LogP contribution in [0.2, 0.25) is 0 Å². The molecule has 0 saturated heterocycles. The molecule has 0 bridgehead atoms. The van der Waals surface area contributed by atoms with Gasteiger partial charge in [0.2, 0.25) is 5.91 Å². The van der Waals surface area contributed by atoms with E-state index in [1.165, 1.54) is 0 Å². The van der Waals surface area contributed by atoms with Crippen molar-refractivity contribution in [2.75, 3.05) is 11.9 Å². The van der Waals surface area contributed by atoms with E-state index in [0.717, 1.165) is 17.0 Å². The second kappa shape index (κ2) is 12.4. The molecule has 1 amide bonds. The number of anilines is 1. The number of aliphatic imine (C=N–C) groups is 1. The number of nitrogens with zero attached hydrogens (tertiary/aromatic N) is 1. The molecule has 0 fully saturated rings. The zero-order valence-electron chi connectivity index (χ0n) is 18.4. The first-order valence-corrected chi connectivity index (χ1v) is 9.88. The van der Waals surface area contributed by atoms with E-state index >= 15 is 0 Å². The van der Waals surface area contributed by atoms with Gasteiger partial charge in [-0.05, 0) is 64.4 Å². The van der Waals surface area contributed by atoms with Gasteiger partial charge in [0.25, 0.3) is 0 Å². The summed E-state index contributed by atoms with van der Waals surface area (Å²) in [5.74, 6) is 1.26. The molecule has 6 nitrogen and oxygen atoms in total. The Balaban J connectivity index is 0.00000450. The minimum atomic E-state index is -0.278. The highest BCUT2D eigenvalue weighted by Crippen LogP contribution is 2.17. The number of guanidine groups is 1. The van der Waals surface area contributed by atoms with Crippen molar-refractivity contribution in [2.24, 2.45) is 4.99 Å². The first-order chi connectivity index (χ1) is 13.7. The van der Waals surface area contributed by atoms with Crippen LogP contribution in [0.5, 0.6) is 5.75 Å². The summed E-state index contributed by atoms with van der Waals surface area (Å²) in [6, 6.07) is 17.6. The van der Waals surface area contributed by atoms with Crippen molar-refractivity contribution in [1.82, 2.24) is 10.6 Å². The highest BCUT2D eigenvalue weighted by molar-refractivity contribution is 14.0. The lowest BCUT2D eigenvalue weighted by molar-refractivity contribution is -0.121. The molecule has 0 spiro atoms. The number of benzene rings is 2. The molecule has 3 N–H and O–H groups in total. The standard InChI is InChI=1S/C23H32N4O2.HI/c1-17(2)29-20-13-11-19(12-14-20)26-22(24-15-18-9-7-6-8-10-18)25-16-21(28)27-23(3,4)5;/h6-14,17H,15-16H2,1-5H3,(H,27,28)(H2,24,25,26);1H. The molecule has 30 heavy (non-hydrogen) atoms. The van der Waals surface area contributed by atoms with Gasteiger partial charge in [-0.15, -0.1) is 24.0 Å². The molecular weight excluding hydrogens is 491 g/mol. The molecule has 0 saturated carbocycles. The molecule has 2 aromatic rings. The SMILES string of the molecule is CC(C)Oc1ccc(NC(=NCc2ccccc2)NCC(=O)NC(C)(C)C)cc1.I. The van der Waals surface area contributed by atoms with E-state index < -0.39 is 0 Å². The van der Waals surface area contributed by atoms with Gasteiger partial charge in [0.15, 0.2) is 5.96 Å². The summed E-state index contributed by atoms with van der Waals surface area (Å²) in [5, 5.41) is 9.29. The third kappa shape index (κ3) is 10.5. The van der Waals surface area contributed by atoms with Gasteiger partial charge >= 0.3 is 0 Å². The summed E-state index contributed by atoms with van der Waals surface area (Å²) in [4.78, 5) is 16.8. The molecule has 0 aromatic heterocycles. The maximum absolute atomic E-state index is 12.2. The van der Waals surface area contributed by atoms with Crippen molar-refractivity contribution in [3.05, 3.63) is 60.2 Å². The number of carbonyl (C=O) groups excluding carboxylic acids is 1. The number of hydrogen-bond donors (Lipinski definition) is 3. The van der Waals surface area contributed by atoms with Gasteiger partial charge < -0.3 is 20.7 Å². The molecule has 2 rings (SSSR count). The normalized spacial score (nSPS) is 11.5. The second-order valence-corrected chi connectivity index (χ2v) is 8.12. The quantitative estimate of drug-likeness (QED) is 0.282. The van der Waals surface area contributed by atoms with Crippen LogP contribution >= 0.6 is 24.0 Å². The molecule has 2 aromatic carbocycles. The van der Waals surface area contributed by atoms with E-state index in [0.29, 0.717) is 12.5 Å². The van der Waals surface area contributed by atoms with Gasteiger partial charge in [0, 0.05) is 11.2 Å². The van der Waals surface area contributed by atoms with Gasteiger partial charge in [0.1, 0.15) is 5.75 Å². The number of carbonyl (C=O) groups is 1. The maximum atomic E-state index is 12.2. The summed E-state index contributed by atoms with van der Waals surface area (Å²) in [6.07, 6.45) is 0.125. The minimum Gasteiger partial charge on any atom is -0.491 e. The first-order valence-electron chi connectivity index (χ1n) is 9.88. The zero-order chi connectivity index (χ0) is 21.3. The molecule has 0 aliphatic carbocycles. The Hall–Kier alpha value is -2.29. The number of ether oxygens (including phenoxy) is 1. The molecule has 0 atom stereocenters. The molecular formula is C23H33IN4O2. The lowest BCUT2D eigenvalue weighted by Gasteiger charge is -2.21. The summed E-state index contributed by atoms with van der Waals surface area (Å²) in [7, 11) is 0. The van der Waals surface area contributed by atoms with E-state index in [1.807, 2.05) is 89.2 Å². The Morgan fingerprint density at radius 1 is 1.03 bits per heavy atom. The third-order valence-electron chi connectivity index (χ3n) is 3.68. The van der Waals surface area contributed by atoms with Crippen molar-refractivity contribution >= 4 is 41.5 Å². The Labute approximate surface area is 196 Å². The van der Waals surface area contributed by atoms with Crippen LogP contribution in [0.15, 0.2) is 59.6 Å². The fraction of sp³-hybridized carbons (Fsp3) is 0.391. The van der Waals surface area contributed by atoms with Crippen LogP contribution in [-0.2, 0) is 11.3 Å². The van der Waals surface area contributed by atoms with E-state index in [2.05, 4.69) is 20.9 Å². The van der Waals surface area contributed by atoms with Crippen LogP contribution in [0.1, 0.15) is 40.2 Å². The molecule has 0 aliphatic rings. The summed E-state index contributed by atoms with van der Waals surface area (Å²) in [6.45, 7) is 10.5. The van der Waals surface area contributed by atoms with Crippen molar-refractivity contribution in [3.8, 4) is 5.75 Å². The van der Waals surface area contributed by atoms with E-state index in [1.54, 1.807) is 0 Å². The first kappa shape index (κ1) is 25.7. The topological polar surface area (TPSA) is 74.8 Å². The number of nitrogens with one attached hydrogen (secondary N) is 3. The largest absolute Gasteiger partial charge is 0.491 e. The van der Waals surface area contributed by atoms with Crippen LogP contribution in [0.3, 0.4) is 0 Å². The second-order valence-electron chi connectivity index (χ2n) is 8.12. The average Bonchev–Trinajstić information content (AvgIpc) is 2.64. The van der Waals surface area contributed by atoms with Crippen LogP contribution in [0.25, 0.3) is 0 Å². The van der Waals surface area contributed by atoms with E-state index in [4.69, 9.17) is 4.74 Å². The molecule has 0 heterocycles. The summed E-state index contributed by atoms with van der Waals surface area (Å²) < 4.78 is 5.68. The monoisotopic (exact) mass is 524 g/mol. The van der Waals surface area contributed by atoms with Crippen molar-refractivity contribution in [3.63, 3.8) is 0 Å². The van der Waals surface area contributed by atoms with Crippen LogP contribution in [0.4, 0.5) is 5.69 Å². The van der Waals surface area contributed by atoms with Gasteiger partial charge in [-0.3, -0.25) is 4.79 Å². The van der Waals surface area contributed by atoms with Crippen LogP contribution < -0.4 is 20.7 Å².